The predicted octanol–water partition coefficient (Wildman–Crippen LogP) is 0.474. The highest BCUT2D eigenvalue weighted by Gasteiger charge is 2.28. The molecule has 2 heterocycles. The van der Waals surface area contributed by atoms with Crippen molar-refractivity contribution in [3.05, 3.63) is 59.9 Å². The Bertz CT molecular complexity index is 910. The Morgan fingerprint density at radius 2 is 1.89 bits per heavy atom. The summed E-state index contributed by atoms with van der Waals surface area (Å²) in [5, 5.41) is 2.73. The molecule has 1 aliphatic rings. The summed E-state index contributed by atoms with van der Waals surface area (Å²) in [4.78, 5) is 28.9. The van der Waals surface area contributed by atoms with Gasteiger partial charge in [-0.2, -0.15) is 4.31 Å². The molecular formula is C18H20N4O4S. The van der Waals surface area contributed by atoms with Gasteiger partial charge < -0.3 is 10.2 Å². The zero-order valence-corrected chi connectivity index (χ0v) is 15.4. The van der Waals surface area contributed by atoms with E-state index in [2.05, 4.69) is 10.3 Å². The van der Waals surface area contributed by atoms with Crippen LogP contribution in [0.5, 0.6) is 0 Å². The van der Waals surface area contributed by atoms with Gasteiger partial charge in [0.15, 0.2) is 0 Å². The van der Waals surface area contributed by atoms with E-state index >= 15 is 0 Å². The molecule has 1 aromatic carbocycles. The number of pyridine rings is 1. The molecular weight excluding hydrogens is 368 g/mol. The van der Waals surface area contributed by atoms with Gasteiger partial charge in [0.2, 0.25) is 16.4 Å². The van der Waals surface area contributed by atoms with Crippen molar-refractivity contribution in [1.82, 2.24) is 19.5 Å². The molecule has 9 heteroatoms. The van der Waals surface area contributed by atoms with E-state index in [-0.39, 0.29) is 36.0 Å². The lowest BCUT2D eigenvalue weighted by molar-refractivity contribution is -0.119. The third-order valence-electron chi connectivity index (χ3n) is 4.31. The van der Waals surface area contributed by atoms with Gasteiger partial charge in [-0.3, -0.25) is 14.6 Å². The molecule has 2 amide bonds. The van der Waals surface area contributed by atoms with Crippen LogP contribution in [-0.2, 0) is 21.4 Å². The van der Waals surface area contributed by atoms with Crippen LogP contribution in [0.4, 0.5) is 0 Å². The standard InChI is InChI=1S/C18H20N4O4S/c23-14-21-8-10-22(11-9-21)27(25,26)17-6-3-4-15(12-17)18(24)20-13-16-5-1-2-7-19-16/h1-7,12,14H,8-11,13H2,(H,20,24). The molecule has 0 saturated carbocycles. The number of aromatic nitrogens is 1. The van der Waals surface area contributed by atoms with Gasteiger partial charge in [-0.15, -0.1) is 0 Å². The predicted molar refractivity (Wildman–Crippen MR) is 98.2 cm³/mol. The first-order chi connectivity index (χ1) is 13.0. The van der Waals surface area contributed by atoms with Gasteiger partial charge in [-0.05, 0) is 30.3 Å². The van der Waals surface area contributed by atoms with Crippen molar-refractivity contribution in [2.45, 2.75) is 11.4 Å². The Morgan fingerprint density at radius 1 is 1.11 bits per heavy atom. The Labute approximate surface area is 157 Å². The summed E-state index contributed by atoms with van der Waals surface area (Å²) in [6.07, 6.45) is 2.36. The highest BCUT2D eigenvalue weighted by molar-refractivity contribution is 7.89. The summed E-state index contributed by atoms with van der Waals surface area (Å²) in [6.45, 7) is 1.43. The number of carbonyl (C=O) groups excluding carboxylic acids is 2. The quantitative estimate of drug-likeness (QED) is 0.726. The maximum atomic E-state index is 12.8. The zero-order chi connectivity index (χ0) is 19.3. The summed E-state index contributed by atoms with van der Waals surface area (Å²) < 4.78 is 27.0. The van der Waals surface area contributed by atoms with Crippen molar-refractivity contribution >= 4 is 22.3 Å². The molecule has 27 heavy (non-hydrogen) atoms. The monoisotopic (exact) mass is 388 g/mol. The Balaban J connectivity index is 1.70. The molecule has 0 spiro atoms. The highest BCUT2D eigenvalue weighted by atomic mass is 32.2. The number of benzene rings is 1. The molecule has 142 valence electrons. The summed E-state index contributed by atoms with van der Waals surface area (Å²) >= 11 is 0. The number of carbonyl (C=O) groups is 2. The molecule has 1 aliphatic heterocycles. The van der Waals surface area contributed by atoms with Crippen molar-refractivity contribution in [2.24, 2.45) is 0 Å². The normalized spacial score (nSPS) is 15.3. The van der Waals surface area contributed by atoms with E-state index in [0.29, 0.717) is 18.8 Å². The third kappa shape index (κ3) is 4.50. The Morgan fingerprint density at radius 3 is 2.56 bits per heavy atom. The van der Waals surface area contributed by atoms with Crippen LogP contribution in [0.1, 0.15) is 16.1 Å². The molecule has 0 unspecified atom stereocenters. The molecule has 0 radical (unpaired) electrons. The van der Waals surface area contributed by atoms with Crippen molar-refractivity contribution in [3.8, 4) is 0 Å². The van der Waals surface area contributed by atoms with Gasteiger partial charge in [-0.25, -0.2) is 8.42 Å². The van der Waals surface area contributed by atoms with Gasteiger partial charge in [0, 0.05) is 37.9 Å². The fraction of sp³-hybridized carbons (Fsp3) is 0.278. The number of nitrogens with zero attached hydrogens (tertiary/aromatic N) is 3. The van der Waals surface area contributed by atoms with E-state index in [9.17, 15) is 18.0 Å². The minimum Gasteiger partial charge on any atom is -0.346 e. The largest absolute Gasteiger partial charge is 0.346 e. The van der Waals surface area contributed by atoms with Gasteiger partial charge in [0.05, 0.1) is 17.1 Å². The Kier molecular flexibility index (Phi) is 5.82. The number of nitrogens with one attached hydrogen (secondary N) is 1. The summed E-state index contributed by atoms with van der Waals surface area (Å²) in [7, 11) is -3.72. The number of hydrogen-bond donors (Lipinski definition) is 1. The van der Waals surface area contributed by atoms with Crippen LogP contribution in [0.15, 0.2) is 53.6 Å². The van der Waals surface area contributed by atoms with Crippen LogP contribution in [0, 0.1) is 0 Å². The van der Waals surface area contributed by atoms with E-state index in [0.717, 1.165) is 6.41 Å². The highest BCUT2D eigenvalue weighted by Crippen LogP contribution is 2.18. The van der Waals surface area contributed by atoms with Crippen LogP contribution < -0.4 is 5.32 Å². The molecule has 0 aliphatic carbocycles. The molecule has 1 N–H and O–H groups in total. The summed E-state index contributed by atoms with van der Waals surface area (Å²) in [6, 6.07) is 11.4. The fourth-order valence-corrected chi connectivity index (χ4v) is 4.24. The van der Waals surface area contributed by atoms with Crippen LogP contribution >= 0.6 is 0 Å². The minimum atomic E-state index is -3.72. The lowest BCUT2D eigenvalue weighted by atomic mass is 10.2. The number of amides is 2. The van der Waals surface area contributed by atoms with Crippen LogP contribution in [-0.4, -0.2) is 61.1 Å². The van der Waals surface area contributed by atoms with Gasteiger partial charge in [0.1, 0.15) is 0 Å². The number of sulfonamides is 1. The molecule has 8 nitrogen and oxygen atoms in total. The summed E-state index contributed by atoms with van der Waals surface area (Å²) in [5.74, 6) is -0.372. The SMILES string of the molecule is O=CN1CCN(S(=O)(=O)c2cccc(C(=O)NCc3ccccn3)c2)CC1. The van der Waals surface area contributed by atoms with E-state index in [1.165, 1.54) is 21.3 Å². The fourth-order valence-electron chi connectivity index (χ4n) is 2.77. The van der Waals surface area contributed by atoms with Gasteiger partial charge in [0.25, 0.3) is 5.91 Å². The van der Waals surface area contributed by atoms with Crippen LogP contribution in [0.25, 0.3) is 0 Å². The van der Waals surface area contributed by atoms with E-state index in [1.54, 1.807) is 30.5 Å². The molecule has 3 rings (SSSR count). The van der Waals surface area contributed by atoms with E-state index in [4.69, 9.17) is 0 Å². The molecule has 0 bridgehead atoms. The average molecular weight is 388 g/mol. The Hall–Kier alpha value is -2.78. The summed E-state index contributed by atoms with van der Waals surface area (Å²) in [5.41, 5.74) is 0.973. The smallest absolute Gasteiger partial charge is 0.251 e. The first kappa shape index (κ1) is 19.0. The second kappa shape index (κ2) is 8.28. The van der Waals surface area contributed by atoms with Crippen LogP contribution in [0.3, 0.4) is 0 Å². The zero-order valence-electron chi connectivity index (χ0n) is 14.6. The maximum absolute atomic E-state index is 12.8. The third-order valence-corrected chi connectivity index (χ3v) is 6.21. The molecule has 1 saturated heterocycles. The maximum Gasteiger partial charge on any atom is 0.251 e. The van der Waals surface area contributed by atoms with Gasteiger partial charge in [-0.1, -0.05) is 12.1 Å². The van der Waals surface area contributed by atoms with Crippen molar-refractivity contribution in [1.29, 1.82) is 0 Å². The number of piperazine rings is 1. The molecule has 0 atom stereocenters. The minimum absolute atomic E-state index is 0.0625. The molecule has 1 fully saturated rings. The molecule has 2 aromatic rings. The number of rotatable bonds is 6. The molecule has 1 aromatic heterocycles. The van der Waals surface area contributed by atoms with Crippen LogP contribution in [0.2, 0.25) is 0 Å². The van der Waals surface area contributed by atoms with E-state index in [1.807, 2.05) is 6.07 Å². The van der Waals surface area contributed by atoms with E-state index < -0.39 is 10.0 Å². The number of hydrogen-bond acceptors (Lipinski definition) is 5. The second-order valence-corrected chi connectivity index (χ2v) is 8.01. The lowest BCUT2D eigenvalue weighted by Crippen LogP contribution is -2.48. The lowest BCUT2D eigenvalue weighted by Gasteiger charge is -2.31. The van der Waals surface area contributed by atoms with Gasteiger partial charge >= 0.3 is 0 Å². The first-order valence-corrected chi connectivity index (χ1v) is 9.92. The van der Waals surface area contributed by atoms with Crippen molar-refractivity contribution in [2.75, 3.05) is 26.2 Å². The topological polar surface area (TPSA) is 99.7 Å². The average Bonchev–Trinajstić information content (AvgIpc) is 2.73. The first-order valence-electron chi connectivity index (χ1n) is 8.48. The van der Waals surface area contributed by atoms with Crippen molar-refractivity contribution < 1.29 is 18.0 Å². The second-order valence-electron chi connectivity index (χ2n) is 6.08. The van der Waals surface area contributed by atoms with Crippen molar-refractivity contribution in [3.63, 3.8) is 0 Å².